The zero-order chi connectivity index (χ0) is 18.5. The third-order valence-corrected chi connectivity index (χ3v) is 6.91. The second kappa shape index (κ2) is 8.91. The summed E-state index contributed by atoms with van der Waals surface area (Å²) in [5, 5.41) is 0. The minimum absolute atomic E-state index is 0.717. The van der Waals surface area contributed by atoms with Crippen LogP contribution >= 0.6 is 0 Å². The molecule has 0 amide bonds. The van der Waals surface area contributed by atoms with Gasteiger partial charge >= 0.3 is 0 Å². The normalized spacial score (nSPS) is 25.4. The third-order valence-electron chi connectivity index (χ3n) is 6.91. The predicted molar refractivity (Wildman–Crippen MR) is 117 cm³/mol. The summed E-state index contributed by atoms with van der Waals surface area (Å²) in [6.07, 6.45) is 16.8. The molecule has 1 unspecified atom stereocenters. The minimum atomic E-state index is 0.717. The average Bonchev–Trinajstić information content (AvgIpc) is 2.75. The second-order valence-electron chi connectivity index (χ2n) is 8.73. The van der Waals surface area contributed by atoms with Gasteiger partial charge in [-0.1, -0.05) is 80.4 Å². The largest absolute Gasteiger partial charge is 0.0885 e. The summed E-state index contributed by atoms with van der Waals surface area (Å²) in [4.78, 5) is 0. The molecule has 1 atom stereocenters. The lowest BCUT2D eigenvalue weighted by Gasteiger charge is -2.28. The van der Waals surface area contributed by atoms with Crippen molar-refractivity contribution >= 4 is 0 Å². The first kappa shape index (κ1) is 18.5. The molecule has 2 aromatic carbocycles. The molecule has 0 aromatic heterocycles. The lowest BCUT2D eigenvalue weighted by molar-refractivity contribution is 0.308. The number of allylic oxidation sites excluding steroid dienone is 2. The lowest BCUT2D eigenvalue weighted by Crippen LogP contribution is -2.13. The molecular weight excluding hydrogens is 324 g/mol. The van der Waals surface area contributed by atoms with E-state index >= 15 is 0 Å². The maximum absolute atomic E-state index is 2.39. The summed E-state index contributed by atoms with van der Waals surface area (Å²) in [5.74, 6) is 2.49. The molecule has 4 rings (SSSR count). The van der Waals surface area contributed by atoms with Crippen molar-refractivity contribution in [2.24, 2.45) is 5.92 Å². The maximum atomic E-state index is 2.39. The Hall–Kier alpha value is -1.82. The molecule has 27 heavy (non-hydrogen) atoms. The molecule has 0 aliphatic heterocycles. The van der Waals surface area contributed by atoms with E-state index in [1.54, 1.807) is 5.56 Å². The minimum Gasteiger partial charge on any atom is -0.0885 e. The summed E-state index contributed by atoms with van der Waals surface area (Å²) >= 11 is 0. The molecular formula is C27H34. The SMILES string of the molecule is CCC[C@H]1CC[C@H](c2ccc(-c3ccc(C4CC=CCC4)cc3)cc2)CC1. The smallest absolute Gasteiger partial charge is 0.0124 e. The molecule has 0 spiro atoms. The van der Waals surface area contributed by atoms with Crippen molar-refractivity contribution in [3.8, 4) is 11.1 Å². The lowest BCUT2D eigenvalue weighted by atomic mass is 9.77. The second-order valence-corrected chi connectivity index (χ2v) is 8.73. The van der Waals surface area contributed by atoms with Crippen molar-refractivity contribution in [3.05, 3.63) is 71.8 Å². The maximum Gasteiger partial charge on any atom is -0.0124 e. The summed E-state index contributed by atoms with van der Waals surface area (Å²) in [5.41, 5.74) is 5.76. The van der Waals surface area contributed by atoms with Crippen molar-refractivity contribution in [1.29, 1.82) is 0 Å². The van der Waals surface area contributed by atoms with E-state index in [1.165, 1.54) is 74.5 Å². The molecule has 0 heteroatoms. The van der Waals surface area contributed by atoms with Crippen LogP contribution in [0.2, 0.25) is 0 Å². The molecule has 0 heterocycles. The van der Waals surface area contributed by atoms with E-state index in [-0.39, 0.29) is 0 Å². The zero-order valence-corrected chi connectivity index (χ0v) is 16.9. The van der Waals surface area contributed by atoms with Gasteiger partial charge in [0, 0.05) is 0 Å². The fraction of sp³-hybridized carbons (Fsp3) is 0.481. The molecule has 0 nitrogen and oxygen atoms in total. The number of benzene rings is 2. The standard InChI is InChI=1S/C27H34/c1-2-6-21-9-11-23(12-10-21)25-17-19-27(20-18-25)26-15-13-24(14-16-26)22-7-4-3-5-8-22/h3-4,13-23H,2,5-12H2,1H3/t21-,22?,23-. The third kappa shape index (κ3) is 4.54. The van der Waals surface area contributed by atoms with Crippen LogP contribution in [0, 0.1) is 5.92 Å². The van der Waals surface area contributed by atoms with Crippen molar-refractivity contribution in [2.75, 3.05) is 0 Å². The highest BCUT2D eigenvalue weighted by Crippen LogP contribution is 2.38. The molecule has 142 valence electrons. The molecule has 2 aliphatic carbocycles. The van der Waals surface area contributed by atoms with Crippen LogP contribution in [0.25, 0.3) is 11.1 Å². The summed E-state index contributed by atoms with van der Waals surface area (Å²) in [6.45, 7) is 2.32. The molecule has 2 aliphatic rings. The van der Waals surface area contributed by atoms with Crippen molar-refractivity contribution in [3.63, 3.8) is 0 Å². The van der Waals surface area contributed by atoms with E-state index in [9.17, 15) is 0 Å². The summed E-state index contributed by atoms with van der Waals surface area (Å²) < 4.78 is 0. The van der Waals surface area contributed by atoms with Gasteiger partial charge in [-0.15, -0.1) is 0 Å². The van der Waals surface area contributed by atoms with Gasteiger partial charge in [-0.2, -0.15) is 0 Å². The van der Waals surface area contributed by atoms with Crippen LogP contribution in [0.4, 0.5) is 0 Å². The Labute approximate surface area is 165 Å². The van der Waals surface area contributed by atoms with E-state index in [2.05, 4.69) is 67.6 Å². The molecule has 0 saturated heterocycles. The van der Waals surface area contributed by atoms with Gasteiger partial charge in [-0.05, 0) is 85.0 Å². The predicted octanol–water partition coefficient (Wildman–Crippen LogP) is 8.25. The fourth-order valence-electron chi connectivity index (χ4n) is 5.18. The van der Waals surface area contributed by atoms with Crippen LogP contribution in [-0.4, -0.2) is 0 Å². The van der Waals surface area contributed by atoms with Gasteiger partial charge in [0.15, 0.2) is 0 Å². The van der Waals surface area contributed by atoms with Gasteiger partial charge in [0.1, 0.15) is 0 Å². The molecule has 0 N–H and O–H groups in total. The van der Waals surface area contributed by atoms with Crippen LogP contribution in [0.3, 0.4) is 0 Å². The topological polar surface area (TPSA) is 0 Å². The number of rotatable bonds is 5. The van der Waals surface area contributed by atoms with Crippen LogP contribution in [-0.2, 0) is 0 Å². The average molecular weight is 359 g/mol. The number of hydrogen-bond acceptors (Lipinski definition) is 0. The molecule has 1 saturated carbocycles. The van der Waals surface area contributed by atoms with Crippen LogP contribution in [0.15, 0.2) is 60.7 Å². The van der Waals surface area contributed by atoms with Crippen LogP contribution < -0.4 is 0 Å². The highest BCUT2D eigenvalue weighted by molar-refractivity contribution is 5.64. The van der Waals surface area contributed by atoms with Gasteiger partial charge in [-0.3, -0.25) is 0 Å². The fourth-order valence-corrected chi connectivity index (χ4v) is 5.18. The molecule has 1 fully saturated rings. The zero-order valence-electron chi connectivity index (χ0n) is 16.9. The van der Waals surface area contributed by atoms with E-state index in [1.807, 2.05) is 0 Å². The Morgan fingerprint density at radius 3 is 1.78 bits per heavy atom. The Morgan fingerprint density at radius 2 is 1.26 bits per heavy atom. The van der Waals surface area contributed by atoms with E-state index < -0.39 is 0 Å². The van der Waals surface area contributed by atoms with Gasteiger partial charge in [0.25, 0.3) is 0 Å². The summed E-state index contributed by atoms with van der Waals surface area (Å²) in [6, 6.07) is 18.8. The Bertz CT molecular complexity index is 727. The Kier molecular flexibility index (Phi) is 6.12. The van der Waals surface area contributed by atoms with E-state index in [0.717, 1.165) is 11.8 Å². The van der Waals surface area contributed by atoms with Crippen molar-refractivity contribution in [1.82, 2.24) is 0 Å². The van der Waals surface area contributed by atoms with Gasteiger partial charge in [0.2, 0.25) is 0 Å². The monoisotopic (exact) mass is 358 g/mol. The first-order valence-electron chi connectivity index (χ1n) is 11.2. The quantitative estimate of drug-likeness (QED) is 0.472. The highest BCUT2D eigenvalue weighted by Gasteiger charge is 2.21. The molecule has 0 radical (unpaired) electrons. The highest BCUT2D eigenvalue weighted by atomic mass is 14.3. The van der Waals surface area contributed by atoms with E-state index in [4.69, 9.17) is 0 Å². The number of hydrogen-bond donors (Lipinski definition) is 0. The van der Waals surface area contributed by atoms with Crippen LogP contribution in [0.5, 0.6) is 0 Å². The Balaban J connectivity index is 1.39. The van der Waals surface area contributed by atoms with Gasteiger partial charge in [0.05, 0.1) is 0 Å². The molecule has 2 aromatic rings. The van der Waals surface area contributed by atoms with Crippen molar-refractivity contribution < 1.29 is 0 Å². The van der Waals surface area contributed by atoms with Gasteiger partial charge in [-0.25, -0.2) is 0 Å². The first-order chi connectivity index (χ1) is 13.3. The first-order valence-corrected chi connectivity index (χ1v) is 11.2. The van der Waals surface area contributed by atoms with Crippen molar-refractivity contribution in [2.45, 2.75) is 76.5 Å². The van der Waals surface area contributed by atoms with Gasteiger partial charge < -0.3 is 0 Å². The summed E-state index contributed by atoms with van der Waals surface area (Å²) in [7, 11) is 0. The van der Waals surface area contributed by atoms with E-state index in [0.29, 0.717) is 5.92 Å². The molecule has 0 bridgehead atoms. The van der Waals surface area contributed by atoms with Crippen LogP contribution in [0.1, 0.15) is 87.7 Å². The Morgan fingerprint density at radius 1 is 0.667 bits per heavy atom.